The molecule has 32 heavy (non-hydrogen) atoms. The number of terminal acetylenes is 1. The Labute approximate surface area is 182 Å². The van der Waals surface area contributed by atoms with E-state index in [1.54, 1.807) is 29.8 Å². The van der Waals surface area contributed by atoms with Crippen molar-refractivity contribution < 1.29 is 27.9 Å². The van der Waals surface area contributed by atoms with Crippen LogP contribution in [-0.4, -0.2) is 38.7 Å². The molecule has 1 aliphatic heterocycles. The van der Waals surface area contributed by atoms with Gasteiger partial charge < -0.3 is 14.6 Å². The molecular weight excluding hydrogens is 420 g/mol. The Balaban J connectivity index is 1.45. The van der Waals surface area contributed by atoms with Crippen molar-refractivity contribution in [2.75, 3.05) is 0 Å². The van der Waals surface area contributed by atoms with Gasteiger partial charge in [0, 0.05) is 30.8 Å². The normalized spacial score (nSPS) is 23.2. The van der Waals surface area contributed by atoms with E-state index < -0.39 is 42.0 Å². The predicted octanol–water partition coefficient (Wildman–Crippen LogP) is 2.63. The molecule has 0 unspecified atom stereocenters. The number of carbonyl (C=O) groups is 3. The number of nitrogens with one attached hydrogen (secondary N) is 1. The largest absolute Gasteiger partial charge is 0.420 e. The molecule has 2 aliphatic carbocycles. The van der Waals surface area contributed by atoms with Crippen molar-refractivity contribution in [2.24, 2.45) is 5.92 Å². The van der Waals surface area contributed by atoms with Crippen LogP contribution in [0.2, 0.25) is 0 Å². The lowest BCUT2D eigenvalue weighted by atomic mass is 9.74. The standard InChI is InChI=1S/C23H19F2N3O4/c1-3-22(10-23(24,25)11-22)27-20(30)19(29)17-12(2)18(28-15-7-13(15)8-16(17)28)21(31)32-14-5-4-6-26-9-14/h1,4-6,9,13,15H,7-8,10-11H2,2H3,(H,27,30)/t13-,15-/m1/s1. The van der Waals surface area contributed by atoms with Gasteiger partial charge in [-0.2, -0.15) is 0 Å². The fraction of sp³-hybridized carbons (Fsp3) is 0.391. The van der Waals surface area contributed by atoms with Gasteiger partial charge in [0.1, 0.15) is 17.0 Å². The SMILES string of the molecule is C#CC1(NC(=O)C(=O)c2c(C)c(C(=O)Oc3cccnc3)n3c2C[C@H]2C[C@H]23)CC(F)(F)C1. The van der Waals surface area contributed by atoms with Crippen LogP contribution in [0.3, 0.4) is 0 Å². The number of ether oxygens (including phenoxy) is 1. The van der Waals surface area contributed by atoms with Gasteiger partial charge in [-0.3, -0.25) is 14.6 Å². The van der Waals surface area contributed by atoms with Crippen molar-refractivity contribution in [1.82, 2.24) is 14.9 Å². The van der Waals surface area contributed by atoms with Gasteiger partial charge in [-0.05, 0) is 43.4 Å². The monoisotopic (exact) mass is 439 g/mol. The van der Waals surface area contributed by atoms with E-state index in [4.69, 9.17) is 11.2 Å². The molecule has 5 rings (SSSR count). The van der Waals surface area contributed by atoms with Crippen molar-refractivity contribution in [3.63, 3.8) is 0 Å². The minimum atomic E-state index is -2.97. The smallest absolute Gasteiger partial charge is 0.360 e. The molecule has 2 fully saturated rings. The number of rotatable bonds is 5. The number of hydrogen-bond donors (Lipinski definition) is 1. The number of pyridine rings is 1. The number of hydrogen-bond acceptors (Lipinski definition) is 5. The number of carbonyl (C=O) groups excluding carboxylic acids is 3. The van der Waals surface area contributed by atoms with E-state index in [0.717, 1.165) is 6.42 Å². The number of aromatic nitrogens is 2. The maximum atomic E-state index is 13.4. The molecule has 0 radical (unpaired) electrons. The van der Waals surface area contributed by atoms with E-state index in [2.05, 4.69) is 16.2 Å². The molecule has 2 aromatic heterocycles. The van der Waals surface area contributed by atoms with Crippen LogP contribution in [0, 0.1) is 25.2 Å². The van der Waals surface area contributed by atoms with E-state index in [1.807, 2.05) is 0 Å². The van der Waals surface area contributed by atoms with E-state index in [9.17, 15) is 23.2 Å². The van der Waals surface area contributed by atoms with Crippen LogP contribution < -0.4 is 10.1 Å². The summed E-state index contributed by atoms with van der Waals surface area (Å²) in [6.45, 7) is 1.58. The first kappa shape index (κ1) is 20.4. The van der Waals surface area contributed by atoms with Gasteiger partial charge >= 0.3 is 5.97 Å². The number of amides is 1. The Morgan fingerprint density at radius 1 is 1.34 bits per heavy atom. The fourth-order valence-corrected chi connectivity index (χ4v) is 4.91. The Bertz CT molecular complexity index is 1200. The number of esters is 1. The third-order valence-corrected chi connectivity index (χ3v) is 6.44. The second-order valence-corrected chi connectivity index (χ2v) is 8.73. The topological polar surface area (TPSA) is 90.3 Å². The van der Waals surface area contributed by atoms with Gasteiger partial charge in [-0.25, -0.2) is 13.6 Å². The fourth-order valence-electron chi connectivity index (χ4n) is 4.91. The Hall–Kier alpha value is -3.54. The molecule has 9 heteroatoms. The molecule has 1 amide bonds. The lowest BCUT2D eigenvalue weighted by Crippen LogP contribution is -2.62. The van der Waals surface area contributed by atoms with Crippen LogP contribution in [0.25, 0.3) is 0 Å². The van der Waals surface area contributed by atoms with Crippen molar-refractivity contribution in [2.45, 2.75) is 50.1 Å². The first-order valence-electron chi connectivity index (χ1n) is 10.2. The van der Waals surface area contributed by atoms with Crippen molar-refractivity contribution in [3.8, 4) is 18.1 Å². The van der Waals surface area contributed by atoms with Crippen molar-refractivity contribution in [3.05, 3.63) is 47.0 Å². The Morgan fingerprint density at radius 3 is 2.72 bits per heavy atom. The number of halogens is 2. The van der Waals surface area contributed by atoms with Crippen molar-refractivity contribution >= 4 is 17.7 Å². The zero-order valence-electron chi connectivity index (χ0n) is 17.2. The summed E-state index contributed by atoms with van der Waals surface area (Å²) in [6, 6.07) is 3.29. The minimum Gasteiger partial charge on any atom is -0.420 e. The van der Waals surface area contributed by atoms with Gasteiger partial charge in [0.05, 0.1) is 11.8 Å². The van der Waals surface area contributed by atoms with E-state index in [0.29, 0.717) is 23.6 Å². The highest BCUT2D eigenvalue weighted by molar-refractivity contribution is 6.44. The van der Waals surface area contributed by atoms with Crippen LogP contribution >= 0.6 is 0 Å². The molecule has 0 bridgehead atoms. The first-order valence-corrected chi connectivity index (χ1v) is 10.2. The highest BCUT2D eigenvalue weighted by atomic mass is 19.3. The Kier molecular flexibility index (Phi) is 4.28. The highest BCUT2D eigenvalue weighted by Crippen LogP contribution is 2.54. The zero-order valence-corrected chi connectivity index (χ0v) is 17.2. The molecule has 1 N–H and O–H groups in total. The third kappa shape index (κ3) is 3.09. The van der Waals surface area contributed by atoms with Crippen LogP contribution in [0.1, 0.15) is 57.4 Å². The second-order valence-electron chi connectivity index (χ2n) is 8.73. The van der Waals surface area contributed by atoms with Gasteiger partial charge in [0.25, 0.3) is 17.6 Å². The average Bonchev–Trinajstić information content (AvgIpc) is 3.30. The third-order valence-electron chi connectivity index (χ3n) is 6.44. The summed E-state index contributed by atoms with van der Waals surface area (Å²) >= 11 is 0. The maximum absolute atomic E-state index is 13.4. The van der Waals surface area contributed by atoms with Gasteiger partial charge in [-0.15, -0.1) is 6.42 Å². The van der Waals surface area contributed by atoms with Crippen LogP contribution in [0.4, 0.5) is 8.78 Å². The average molecular weight is 439 g/mol. The summed E-state index contributed by atoms with van der Waals surface area (Å²) in [4.78, 5) is 42.7. The summed E-state index contributed by atoms with van der Waals surface area (Å²) in [5.41, 5.74) is -0.293. The molecule has 2 saturated carbocycles. The number of alkyl halides is 2. The summed E-state index contributed by atoms with van der Waals surface area (Å²) in [5.74, 6) is -2.82. The van der Waals surface area contributed by atoms with Crippen molar-refractivity contribution in [1.29, 1.82) is 0 Å². The molecule has 0 spiro atoms. The highest BCUT2D eigenvalue weighted by Gasteiger charge is 2.57. The quantitative estimate of drug-likeness (QED) is 0.335. The molecule has 3 heterocycles. The summed E-state index contributed by atoms with van der Waals surface area (Å²) in [6.07, 6.45) is 8.31. The van der Waals surface area contributed by atoms with Crippen LogP contribution in [-0.2, 0) is 11.2 Å². The molecule has 2 atom stereocenters. The van der Waals surface area contributed by atoms with Crippen LogP contribution in [0.15, 0.2) is 24.5 Å². The molecule has 164 valence electrons. The lowest BCUT2D eigenvalue weighted by Gasteiger charge is -2.43. The second kappa shape index (κ2) is 6.73. The van der Waals surface area contributed by atoms with E-state index >= 15 is 0 Å². The van der Waals surface area contributed by atoms with E-state index in [1.165, 1.54) is 6.20 Å². The molecule has 7 nitrogen and oxygen atoms in total. The summed E-state index contributed by atoms with van der Waals surface area (Å²) in [7, 11) is 0. The minimum absolute atomic E-state index is 0.0761. The molecule has 0 saturated heterocycles. The number of ketones is 1. The molecular formula is C23H19F2N3O4. The van der Waals surface area contributed by atoms with Gasteiger partial charge in [0.2, 0.25) is 0 Å². The van der Waals surface area contributed by atoms with Gasteiger partial charge in [-0.1, -0.05) is 5.92 Å². The Morgan fingerprint density at radius 2 is 2.09 bits per heavy atom. The predicted molar refractivity (Wildman–Crippen MR) is 107 cm³/mol. The summed E-state index contributed by atoms with van der Waals surface area (Å²) in [5, 5.41) is 2.31. The molecule has 2 aromatic rings. The number of Topliss-reactive ketones (excluding diaryl/α,β-unsaturated/α-hetero) is 1. The van der Waals surface area contributed by atoms with Gasteiger partial charge in [0.15, 0.2) is 0 Å². The number of fused-ring (bicyclic) bond motifs is 3. The first-order chi connectivity index (χ1) is 15.1. The molecule has 0 aromatic carbocycles. The lowest BCUT2D eigenvalue weighted by molar-refractivity contribution is -0.133. The maximum Gasteiger partial charge on any atom is 0.360 e. The summed E-state index contributed by atoms with van der Waals surface area (Å²) < 4.78 is 33.9. The zero-order chi connectivity index (χ0) is 22.8. The van der Waals surface area contributed by atoms with E-state index in [-0.39, 0.29) is 23.0 Å². The molecule has 3 aliphatic rings. The van der Waals surface area contributed by atoms with Crippen LogP contribution in [0.5, 0.6) is 5.75 Å². The number of nitrogens with zero attached hydrogens (tertiary/aromatic N) is 2.